The summed E-state index contributed by atoms with van der Waals surface area (Å²) >= 11 is 0. The van der Waals surface area contributed by atoms with Crippen molar-refractivity contribution in [2.24, 2.45) is 5.92 Å². The van der Waals surface area contributed by atoms with Crippen LogP contribution < -0.4 is 5.32 Å². The minimum absolute atomic E-state index is 0.129. The van der Waals surface area contributed by atoms with E-state index in [-0.39, 0.29) is 12.0 Å². The van der Waals surface area contributed by atoms with Gasteiger partial charge in [-0.3, -0.25) is 4.79 Å². The number of benzene rings is 2. The van der Waals surface area contributed by atoms with Crippen LogP contribution in [0, 0.1) is 5.92 Å². The van der Waals surface area contributed by atoms with Crippen molar-refractivity contribution in [2.45, 2.75) is 32.9 Å². The average Bonchev–Trinajstić information content (AvgIpc) is 2.50. The molecular weight excluding hydrogens is 262 g/mol. The first-order chi connectivity index (χ1) is 10.1. The molecular formula is C18H23NO2. The minimum atomic E-state index is -0.167. The fourth-order valence-electron chi connectivity index (χ4n) is 2.40. The van der Waals surface area contributed by atoms with Crippen molar-refractivity contribution in [3.8, 4) is 0 Å². The lowest BCUT2D eigenvalue weighted by Crippen LogP contribution is -2.35. The van der Waals surface area contributed by atoms with Crippen LogP contribution in [0.4, 0.5) is 0 Å². The van der Waals surface area contributed by atoms with Crippen molar-refractivity contribution >= 4 is 16.7 Å². The molecule has 0 spiro atoms. The molecule has 0 aromatic heterocycles. The first kappa shape index (κ1) is 15.5. The summed E-state index contributed by atoms with van der Waals surface area (Å²) in [7, 11) is 1.43. The predicted molar refractivity (Wildman–Crippen MR) is 86.0 cm³/mol. The highest BCUT2D eigenvalue weighted by atomic mass is 16.5. The normalized spacial score (nSPS) is 12.6. The third-order valence-electron chi connectivity index (χ3n) is 3.80. The van der Waals surface area contributed by atoms with Gasteiger partial charge in [0.25, 0.3) is 0 Å². The second kappa shape index (κ2) is 7.23. The highest BCUT2D eigenvalue weighted by Gasteiger charge is 2.17. The van der Waals surface area contributed by atoms with Crippen molar-refractivity contribution in [2.75, 3.05) is 7.11 Å². The number of hydrogen-bond acceptors (Lipinski definition) is 3. The number of methoxy groups -OCH3 is 1. The summed E-state index contributed by atoms with van der Waals surface area (Å²) in [6, 6.07) is 14.9. The molecule has 21 heavy (non-hydrogen) atoms. The van der Waals surface area contributed by atoms with E-state index >= 15 is 0 Å². The molecule has 0 aliphatic rings. The van der Waals surface area contributed by atoms with Gasteiger partial charge in [0.05, 0.1) is 13.5 Å². The van der Waals surface area contributed by atoms with Crippen molar-refractivity contribution in [3.63, 3.8) is 0 Å². The van der Waals surface area contributed by atoms with E-state index in [1.54, 1.807) is 0 Å². The molecule has 0 bridgehead atoms. The quantitative estimate of drug-likeness (QED) is 0.825. The van der Waals surface area contributed by atoms with Gasteiger partial charge >= 0.3 is 5.97 Å². The van der Waals surface area contributed by atoms with Crippen LogP contribution in [0.15, 0.2) is 42.5 Å². The molecule has 3 heteroatoms. The highest BCUT2D eigenvalue weighted by Crippen LogP contribution is 2.16. The van der Waals surface area contributed by atoms with Crippen molar-refractivity contribution in [1.82, 2.24) is 5.32 Å². The molecule has 0 saturated carbocycles. The third-order valence-corrected chi connectivity index (χ3v) is 3.80. The average molecular weight is 285 g/mol. The number of esters is 1. The Hall–Kier alpha value is -1.87. The van der Waals surface area contributed by atoms with E-state index in [1.165, 1.54) is 23.4 Å². The largest absolute Gasteiger partial charge is 0.469 e. The van der Waals surface area contributed by atoms with Gasteiger partial charge in [0.15, 0.2) is 0 Å². The van der Waals surface area contributed by atoms with Crippen molar-refractivity contribution in [3.05, 3.63) is 48.0 Å². The Morgan fingerprint density at radius 2 is 1.86 bits per heavy atom. The molecule has 1 N–H and O–H groups in total. The molecule has 0 saturated heterocycles. The first-order valence-electron chi connectivity index (χ1n) is 7.38. The van der Waals surface area contributed by atoms with Crippen LogP contribution >= 0.6 is 0 Å². The first-order valence-corrected chi connectivity index (χ1v) is 7.38. The maximum atomic E-state index is 11.5. The molecule has 2 aromatic carbocycles. The SMILES string of the molecule is COC(=O)CC(NCc1ccc2ccccc2c1)C(C)C. The Bertz CT molecular complexity index is 607. The number of hydrogen-bond donors (Lipinski definition) is 1. The highest BCUT2D eigenvalue weighted by molar-refractivity contribution is 5.82. The van der Waals surface area contributed by atoms with Crippen LogP contribution in [-0.4, -0.2) is 19.1 Å². The molecule has 2 rings (SSSR count). The Kier molecular flexibility index (Phi) is 5.34. The van der Waals surface area contributed by atoms with Gasteiger partial charge in [-0.2, -0.15) is 0 Å². The smallest absolute Gasteiger partial charge is 0.307 e. The van der Waals surface area contributed by atoms with E-state index in [0.717, 1.165) is 6.54 Å². The van der Waals surface area contributed by atoms with Crippen LogP contribution in [-0.2, 0) is 16.1 Å². The summed E-state index contributed by atoms with van der Waals surface area (Å²) in [5.74, 6) is 0.212. The monoisotopic (exact) mass is 285 g/mol. The second-order valence-corrected chi connectivity index (χ2v) is 5.69. The number of fused-ring (bicyclic) bond motifs is 1. The van der Waals surface area contributed by atoms with Crippen molar-refractivity contribution in [1.29, 1.82) is 0 Å². The van der Waals surface area contributed by atoms with Gasteiger partial charge in [-0.05, 0) is 28.3 Å². The van der Waals surface area contributed by atoms with Gasteiger partial charge in [0.2, 0.25) is 0 Å². The zero-order chi connectivity index (χ0) is 15.2. The summed E-state index contributed by atoms with van der Waals surface area (Å²) in [4.78, 5) is 11.5. The molecule has 112 valence electrons. The van der Waals surface area contributed by atoms with Gasteiger partial charge in [-0.1, -0.05) is 50.2 Å². The van der Waals surface area contributed by atoms with E-state index in [4.69, 9.17) is 4.74 Å². The molecule has 0 heterocycles. The molecule has 1 atom stereocenters. The van der Waals surface area contributed by atoms with Crippen molar-refractivity contribution < 1.29 is 9.53 Å². The molecule has 1 unspecified atom stereocenters. The van der Waals surface area contributed by atoms with E-state index in [9.17, 15) is 4.79 Å². The van der Waals surface area contributed by atoms with Crippen LogP contribution in [0.3, 0.4) is 0 Å². The summed E-state index contributed by atoms with van der Waals surface area (Å²) in [5.41, 5.74) is 1.23. The standard InChI is InChI=1S/C18H23NO2/c1-13(2)17(11-18(20)21-3)19-12-14-8-9-15-6-4-5-7-16(15)10-14/h4-10,13,17,19H,11-12H2,1-3H3. The van der Waals surface area contributed by atoms with E-state index in [0.29, 0.717) is 12.3 Å². The van der Waals surface area contributed by atoms with E-state index < -0.39 is 0 Å². The minimum Gasteiger partial charge on any atom is -0.469 e. The molecule has 0 aliphatic heterocycles. The topological polar surface area (TPSA) is 38.3 Å². The summed E-state index contributed by atoms with van der Waals surface area (Å²) in [6.45, 7) is 4.98. The Morgan fingerprint density at radius 1 is 1.14 bits per heavy atom. The maximum absolute atomic E-state index is 11.5. The molecule has 0 fully saturated rings. The van der Waals surface area contributed by atoms with Gasteiger partial charge in [0, 0.05) is 12.6 Å². The lowest BCUT2D eigenvalue weighted by molar-refractivity contribution is -0.141. The summed E-state index contributed by atoms with van der Waals surface area (Å²) < 4.78 is 4.76. The summed E-state index contributed by atoms with van der Waals surface area (Å²) in [6.07, 6.45) is 0.405. The van der Waals surface area contributed by atoms with Gasteiger partial charge in [-0.15, -0.1) is 0 Å². The molecule has 0 radical (unpaired) electrons. The Labute approximate surface area is 126 Å². The number of rotatable bonds is 6. The Balaban J connectivity index is 2.03. The van der Waals surface area contributed by atoms with E-state index in [2.05, 4.69) is 49.5 Å². The van der Waals surface area contributed by atoms with Crippen LogP contribution in [0.25, 0.3) is 10.8 Å². The fraction of sp³-hybridized carbons (Fsp3) is 0.389. The lowest BCUT2D eigenvalue weighted by Gasteiger charge is -2.21. The van der Waals surface area contributed by atoms with Crippen LogP contribution in [0.5, 0.6) is 0 Å². The van der Waals surface area contributed by atoms with E-state index in [1.807, 2.05) is 12.1 Å². The second-order valence-electron chi connectivity index (χ2n) is 5.69. The summed E-state index contributed by atoms with van der Waals surface area (Å²) in [5, 5.41) is 5.95. The van der Waals surface area contributed by atoms with Gasteiger partial charge < -0.3 is 10.1 Å². The molecule has 0 aliphatic carbocycles. The number of carbonyl (C=O) groups is 1. The fourth-order valence-corrected chi connectivity index (χ4v) is 2.40. The van der Waals surface area contributed by atoms with Crippen LogP contribution in [0.1, 0.15) is 25.8 Å². The maximum Gasteiger partial charge on any atom is 0.307 e. The number of ether oxygens (including phenoxy) is 1. The number of carbonyl (C=O) groups excluding carboxylic acids is 1. The Morgan fingerprint density at radius 3 is 2.52 bits per heavy atom. The number of nitrogens with one attached hydrogen (secondary N) is 1. The zero-order valence-electron chi connectivity index (χ0n) is 12.9. The molecule has 3 nitrogen and oxygen atoms in total. The van der Waals surface area contributed by atoms with Crippen LogP contribution in [0.2, 0.25) is 0 Å². The third kappa shape index (κ3) is 4.30. The molecule has 0 amide bonds. The van der Waals surface area contributed by atoms with Gasteiger partial charge in [-0.25, -0.2) is 0 Å². The zero-order valence-corrected chi connectivity index (χ0v) is 12.9. The lowest BCUT2D eigenvalue weighted by atomic mass is 10.00. The van der Waals surface area contributed by atoms with Gasteiger partial charge in [0.1, 0.15) is 0 Å². The predicted octanol–water partition coefficient (Wildman–Crippen LogP) is 3.52. The molecule has 2 aromatic rings.